The molecule has 0 atom stereocenters. The predicted molar refractivity (Wildman–Crippen MR) is 74.7 cm³/mol. The highest BCUT2D eigenvalue weighted by Gasteiger charge is 2.09. The molecule has 2 aromatic rings. The van der Waals surface area contributed by atoms with E-state index in [4.69, 9.17) is 27.3 Å². The summed E-state index contributed by atoms with van der Waals surface area (Å²) in [7, 11) is 0. The van der Waals surface area contributed by atoms with Gasteiger partial charge in [-0.05, 0) is 36.4 Å². The van der Waals surface area contributed by atoms with Crippen LogP contribution in [0, 0.1) is 5.82 Å². The van der Waals surface area contributed by atoms with E-state index in [0.29, 0.717) is 21.9 Å². The van der Waals surface area contributed by atoms with Gasteiger partial charge in [-0.2, -0.15) is 0 Å². The normalized spacial score (nSPS) is 11.4. The van der Waals surface area contributed by atoms with Gasteiger partial charge in [0.2, 0.25) is 0 Å². The fourth-order valence-electron chi connectivity index (χ4n) is 1.66. The van der Waals surface area contributed by atoms with Gasteiger partial charge in [0, 0.05) is 16.1 Å². The average Bonchev–Trinajstić information content (AvgIpc) is 2.46. The van der Waals surface area contributed by atoms with Gasteiger partial charge in [-0.25, -0.2) is 4.39 Å². The number of amidine groups is 1. The third-order valence-corrected chi connectivity index (χ3v) is 2.92. The van der Waals surface area contributed by atoms with Crippen LogP contribution >= 0.6 is 11.6 Å². The molecule has 0 aromatic heterocycles. The largest absolute Gasteiger partial charge is 0.489 e. The highest BCUT2D eigenvalue weighted by atomic mass is 35.5. The minimum atomic E-state index is -0.471. The Morgan fingerprint density at radius 3 is 2.60 bits per heavy atom. The van der Waals surface area contributed by atoms with E-state index in [0.717, 1.165) is 0 Å². The molecule has 104 valence electrons. The van der Waals surface area contributed by atoms with Crippen molar-refractivity contribution < 1.29 is 14.3 Å². The van der Waals surface area contributed by atoms with Crippen LogP contribution in [0.3, 0.4) is 0 Å². The first-order chi connectivity index (χ1) is 9.60. The minimum absolute atomic E-state index is 0.160. The van der Waals surface area contributed by atoms with Crippen LogP contribution in [0.2, 0.25) is 5.02 Å². The molecule has 2 rings (SSSR count). The van der Waals surface area contributed by atoms with Gasteiger partial charge in [0.1, 0.15) is 18.2 Å². The van der Waals surface area contributed by atoms with Crippen LogP contribution in [-0.2, 0) is 6.61 Å². The highest BCUT2D eigenvalue weighted by molar-refractivity contribution is 6.30. The lowest BCUT2D eigenvalue weighted by Crippen LogP contribution is -2.16. The number of nitrogens with zero attached hydrogens (tertiary/aromatic N) is 1. The van der Waals surface area contributed by atoms with Gasteiger partial charge in [0.05, 0.1) is 0 Å². The molecule has 20 heavy (non-hydrogen) atoms. The lowest BCUT2D eigenvalue weighted by molar-refractivity contribution is 0.305. The van der Waals surface area contributed by atoms with Crippen LogP contribution in [-0.4, -0.2) is 11.0 Å². The summed E-state index contributed by atoms with van der Waals surface area (Å²) in [6.07, 6.45) is 0. The van der Waals surface area contributed by atoms with Crippen LogP contribution in [0.1, 0.15) is 11.1 Å². The quantitative estimate of drug-likeness (QED) is 0.394. The SMILES string of the molecule is NC(=NO)c1cc(F)ccc1COc1ccc(Cl)cc1. The van der Waals surface area contributed by atoms with E-state index in [9.17, 15) is 4.39 Å². The van der Waals surface area contributed by atoms with E-state index >= 15 is 0 Å². The smallest absolute Gasteiger partial charge is 0.170 e. The van der Waals surface area contributed by atoms with Crippen LogP contribution in [0.15, 0.2) is 47.6 Å². The second-order valence-electron chi connectivity index (χ2n) is 4.03. The van der Waals surface area contributed by atoms with Gasteiger partial charge >= 0.3 is 0 Å². The van der Waals surface area contributed by atoms with Crippen molar-refractivity contribution >= 4 is 17.4 Å². The summed E-state index contributed by atoms with van der Waals surface area (Å²) in [4.78, 5) is 0. The maximum atomic E-state index is 13.2. The Morgan fingerprint density at radius 1 is 1.25 bits per heavy atom. The molecular weight excluding hydrogens is 283 g/mol. The Labute approximate surface area is 120 Å². The van der Waals surface area contributed by atoms with E-state index in [-0.39, 0.29) is 12.4 Å². The Morgan fingerprint density at radius 2 is 1.95 bits per heavy atom. The molecule has 0 fully saturated rings. The van der Waals surface area contributed by atoms with Crippen molar-refractivity contribution in [2.24, 2.45) is 10.9 Å². The Balaban J connectivity index is 2.19. The van der Waals surface area contributed by atoms with Gasteiger partial charge in [-0.15, -0.1) is 0 Å². The van der Waals surface area contributed by atoms with E-state index in [1.165, 1.54) is 18.2 Å². The molecule has 0 saturated heterocycles. The summed E-state index contributed by atoms with van der Waals surface area (Å²) in [5, 5.41) is 12.2. The average molecular weight is 295 g/mol. The van der Waals surface area contributed by atoms with Gasteiger partial charge in [-0.1, -0.05) is 22.8 Å². The van der Waals surface area contributed by atoms with Crippen molar-refractivity contribution in [1.82, 2.24) is 0 Å². The Bertz CT molecular complexity index is 630. The van der Waals surface area contributed by atoms with E-state index < -0.39 is 5.82 Å². The second kappa shape index (κ2) is 6.25. The summed E-state index contributed by atoms with van der Waals surface area (Å²) in [6, 6.07) is 10.8. The molecule has 4 nitrogen and oxygen atoms in total. The zero-order valence-electron chi connectivity index (χ0n) is 10.4. The number of hydrogen-bond donors (Lipinski definition) is 2. The molecule has 0 aliphatic rings. The van der Waals surface area contributed by atoms with Crippen molar-refractivity contribution in [3.8, 4) is 5.75 Å². The lowest BCUT2D eigenvalue weighted by atomic mass is 10.1. The summed E-state index contributed by atoms with van der Waals surface area (Å²) in [5.41, 5.74) is 6.41. The van der Waals surface area contributed by atoms with Gasteiger partial charge < -0.3 is 15.7 Å². The Kier molecular flexibility index (Phi) is 4.42. The van der Waals surface area contributed by atoms with Crippen LogP contribution < -0.4 is 10.5 Å². The maximum Gasteiger partial charge on any atom is 0.170 e. The third kappa shape index (κ3) is 3.39. The maximum absolute atomic E-state index is 13.2. The number of hydrogen-bond acceptors (Lipinski definition) is 3. The standard InChI is InChI=1S/C14H12ClFN2O2/c15-10-2-5-12(6-3-10)20-8-9-1-4-11(16)7-13(9)14(17)18-19/h1-7,19H,8H2,(H2,17,18). The molecule has 0 spiro atoms. The molecule has 0 aliphatic carbocycles. The first-order valence-corrected chi connectivity index (χ1v) is 6.12. The number of rotatable bonds is 4. The number of halogens is 2. The van der Waals surface area contributed by atoms with Crippen molar-refractivity contribution in [3.63, 3.8) is 0 Å². The van der Waals surface area contributed by atoms with E-state index in [2.05, 4.69) is 5.16 Å². The zero-order chi connectivity index (χ0) is 14.5. The van der Waals surface area contributed by atoms with Gasteiger partial charge in [0.25, 0.3) is 0 Å². The van der Waals surface area contributed by atoms with Crippen molar-refractivity contribution in [2.75, 3.05) is 0 Å². The molecular formula is C14H12ClFN2O2. The second-order valence-corrected chi connectivity index (χ2v) is 4.47. The molecule has 0 bridgehead atoms. The van der Waals surface area contributed by atoms with Crippen LogP contribution in [0.4, 0.5) is 4.39 Å². The van der Waals surface area contributed by atoms with Crippen LogP contribution in [0.25, 0.3) is 0 Å². The Hall–Kier alpha value is -2.27. The molecule has 0 heterocycles. The molecule has 2 aromatic carbocycles. The first-order valence-electron chi connectivity index (χ1n) is 5.75. The fraction of sp³-hybridized carbons (Fsp3) is 0.0714. The summed E-state index contributed by atoms with van der Waals surface area (Å²) < 4.78 is 18.8. The summed E-state index contributed by atoms with van der Waals surface area (Å²) in [5.74, 6) is -0.0229. The predicted octanol–water partition coefficient (Wildman–Crippen LogP) is 3.15. The molecule has 0 amide bonds. The van der Waals surface area contributed by atoms with E-state index in [1.807, 2.05) is 0 Å². The molecule has 6 heteroatoms. The molecule has 0 saturated carbocycles. The number of benzene rings is 2. The first kappa shape index (κ1) is 14.1. The highest BCUT2D eigenvalue weighted by Crippen LogP contribution is 2.18. The van der Waals surface area contributed by atoms with Crippen LogP contribution in [0.5, 0.6) is 5.75 Å². The van der Waals surface area contributed by atoms with Gasteiger partial charge in [-0.3, -0.25) is 0 Å². The fourth-order valence-corrected chi connectivity index (χ4v) is 1.78. The summed E-state index contributed by atoms with van der Waals surface area (Å²) in [6.45, 7) is 0.160. The monoisotopic (exact) mass is 294 g/mol. The summed E-state index contributed by atoms with van der Waals surface area (Å²) >= 11 is 5.77. The van der Waals surface area contributed by atoms with E-state index in [1.54, 1.807) is 24.3 Å². The number of nitrogens with two attached hydrogens (primary N) is 1. The lowest BCUT2D eigenvalue weighted by Gasteiger charge is -2.10. The van der Waals surface area contributed by atoms with Crippen molar-refractivity contribution in [1.29, 1.82) is 0 Å². The van der Waals surface area contributed by atoms with Gasteiger partial charge in [0.15, 0.2) is 5.84 Å². The third-order valence-electron chi connectivity index (χ3n) is 2.66. The molecule has 0 radical (unpaired) electrons. The zero-order valence-corrected chi connectivity index (χ0v) is 11.1. The molecule has 3 N–H and O–H groups in total. The number of ether oxygens (including phenoxy) is 1. The van der Waals surface area contributed by atoms with Crippen molar-refractivity contribution in [2.45, 2.75) is 6.61 Å². The number of oxime groups is 1. The van der Waals surface area contributed by atoms with Crippen molar-refractivity contribution in [3.05, 3.63) is 64.4 Å². The minimum Gasteiger partial charge on any atom is -0.489 e. The molecule has 0 aliphatic heterocycles. The molecule has 0 unspecified atom stereocenters. The topological polar surface area (TPSA) is 67.8 Å².